The maximum absolute atomic E-state index is 13.8. The van der Waals surface area contributed by atoms with Crippen molar-refractivity contribution in [3.63, 3.8) is 0 Å². The van der Waals surface area contributed by atoms with Gasteiger partial charge in [-0.2, -0.15) is 0 Å². The molecule has 0 unspecified atom stereocenters. The molecule has 1 spiro atoms. The van der Waals surface area contributed by atoms with Crippen LogP contribution in [0.25, 0.3) is 10.8 Å². The molecule has 6 heteroatoms. The number of imide groups is 2. The zero-order chi connectivity index (χ0) is 21.8. The molecule has 3 aromatic rings. The molecule has 0 aliphatic carbocycles. The van der Waals surface area contributed by atoms with E-state index in [0.717, 1.165) is 27.6 Å². The van der Waals surface area contributed by atoms with E-state index in [1.807, 2.05) is 79.5 Å². The number of hydrogen-bond acceptors (Lipinski definition) is 4. The second-order valence-electron chi connectivity index (χ2n) is 8.42. The van der Waals surface area contributed by atoms with Gasteiger partial charge in [-0.1, -0.05) is 60.7 Å². The highest BCUT2D eigenvalue weighted by molar-refractivity contribution is 6.20. The van der Waals surface area contributed by atoms with Crippen LogP contribution in [-0.2, 0) is 16.0 Å². The van der Waals surface area contributed by atoms with Crippen molar-refractivity contribution in [3.8, 4) is 0 Å². The highest BCUT2D eigenvalue weighted by Gasteiger charge is 2.57. The van der Waals surface area contributed by atoms with Gasteiger partial charge in [-0.25, -0.2) is 4.79 Å². The number of nitrogens with one attached hydrogen (secondary N) is 1. The van der Waals surface area contributed by atoms with Crippen LogP contribution >= 0.6 is 0 Å². The molecule has 1 saturated heterocycles. The van der Waals surface area contributed by atoms with Crippen molar-refractivity contribution < 1.29 is 14.4 Å². The molecule has 1 fully saturated rings. The molecule has 1 N–H and O–H groups in total. The number of rotatable bonds is 2. The summed E-state index contributed by atoms with van der Waals surface area (Å²) in [5, 5.41) is 4.55. The van der Waals surface area contributed by atoms with E-state index in [1.54, 1.807) is 0 Å². The van der Waals surface area contributed by atoms with E-state index in [9.17, 15) is 14.4 Å². The van der Waals surface area contributed by atoms with Crippen LogP contribution in [0.15, 0.2) is 66.7 Å². The average Bonchev–Trinajstić information content (AvgIpc) is 2.78. The summed E-state index contributed by atoms with van der Waals surface area (Å²) in [6.45, 7) is 2.03. The van der Waals surface area contributed by atoms with Crippen LogP contribution in [0.4, 0.5) is 10.5 Å². The van der Waals surface area contributed by atoms with Crippen molar-refractivity contribution in [2.45, 2.75) is 19.4 Å². The Bertz CT molecular complexity index is 1220. The summed E-state index contributed by atoms with van der Waals surface area (Å²) in [6, 6.07) is 20.3. The molecule has 3 aromatic carbocycles. The Morgan fingerprint density at radius 3 is 2.42 bits per heavy atom. The van der Waals surface area contributed by atoms with Gasteiger partial charge >= 0.3 is 6.03 Å². The van der Waals surface area contributed by atoms with Crippen molar-refractivity contribution in [3.05, 3.63) is 77.9 Å². The van der Waals surface area contributed by atoms with Crippen molar-refractivity contribution in [2.24, 2.45) is 5.41 Å². The lowest BCUT2D eigenvalue weighted by Gasteiger charge is -2.46. The van der Waals surface area contributed by atoms with Crippen molar-refractivity contribution >= 4 is 34.3 Å². The Morgan fingerprint density at radius 2 is 1.65 bits per heavy atom. The second kappa shape index (κ2) is 6.94. The van der Waals surface area contributed by atoms with Crippen LogP contribution in [0.3, 0.4) is 0 Å². The van der Waals surface area contributed by atoms with E-state index in [1.165, 1.54) is 4.90 Å². The zero-order valence-corrected chi connectivity index (χ0v) is 17.5. The summed E-state index contributed by atoms with van der Waals surface area (Å²) >= 11 is 0. The van der Waals surface area contributed by atoms with Gasteiger partial charge in [0.2, 0.25) is 11.8 Å². The minimum Gasteiger partial charge on any atom is -0.373 e. The third kappa shape index (κ3) is 2.82. The molecule has 2 atom stereocenters. The number of urea groups is 1. The van der Waals surface area contributed by atoms with Gasteiger partial charge in [0.1, 0.15) is 5.41 Å². The fraction of sp³-hybridized carbons (Fsp3) is 0.240. The van der Waals surface area contributed by atoms with Crippen LogP contribution in [-0.4, -0.2) is 36.3 Å². The summed E-state index contributed by atoms with van der Waals surface area (Å²) in [6.07, 6.45) is 0.254. The largest absolute Gasteiger partial charge is 0.373 e. The first-order valence-electron chi connectivity index (χ1n) is 10.4. The molecule has 6 nitrogen and oxygen atoms in total. The van der Waals surface area contributed by atoms with Crippen LogP contribution in [0, 0.1) is 5.41 Å². The van der Waals surface area contributed by atoms with Crippen molar-refractivity contribution in [2.75, 3.05) is 18.5 Å². The number of barbiturate groups is 1. The van der Waals surface area contributed by atoms with Gasteiger partial charge in [0.25, 0.3) is 0 Å². The molecule has 2 aliphatic heterocycles. The maximum atomic E-state index is 13.8. The molecule has 2 aliphatic rings. The first kappa shape index (κ1) is 19.3. The van der Waals surface area contributed by atoms with Crippen molar-refractivity contribution in [1.29, 1.82) is 0 Å². The predicted octanol–water partition coefficient (Wildman–Crippen LogP) is 3.66. The SMILES string of the molecule is C[C@H](c1ccccc1)N1C(=O)NC(=O)[C@]2(Cc3c(ccc4ccccc34)N(C)C2)C1=O. The number of hydrogen-bond donors (Lipinski definition) is 1. The smallest absolute Gasteiger partial charge is 0.331 e. The number of anilines is 1. The van der Waals surface area contributed by atoms with Gasteiger partial charge < -0.3 is 4.90 Å². The quantitative estimate of drug-likeness (QED) is 0.651. The molecule has 31 heavy (non-hydrogen) atoms. The topological polar surface area (TPSA) is 69.7 Å². The van der Waals surface area contributed by atoms with Gasteiger partial charge in [0.15, 0.2) is 0 Å². The monoisotopic (exact) mass is 413 g/mol. The van der Waals surface area contributed by atoms with Crippen LogP contribution in [0.2, 0.25) is 0 Å². The summed E-state index contributed by atoms with van der Waals surface area (Å²) in [4.78, 5) is 42.9. The third-order valence-corrected chi connectivity index (χ3v) is 6.58. The molecule has 0 saturated carbocycles. The molecule has 5 rings (SSSR count). The normalized spacial score (nSPS) is 21.9. The first-order valence-corrected chi connectivity index (χ1v) is 10.4. The lowest BCUT2D eigenvalue weighted by atomic mass is 9.73. The van der Waals surface area contributed by atoms with Gasteiger partial charge in [-0.3, -0.25) is 19.8 Å². The van der Waals surface area contributed by atoms with Gasteiger partial charge in [-0.15, -0.1) is 0 Å². The Morgan fingerprint density at radius 1 is 0.935 bits per heavy atom. The van der Waals surface area contributed by atoms with Gasteiger partial charge in [0.05, 0.1) is 6.04 Å². The average molecular weight is 413 g/mol. The molecule has 0 radical (unpaired) electrons. The van der Waals surface area contributed by atoms with E-state index in [2.05, 4.69) is 11.4 Å². The maximum Gasteiger partial charge on any atom is 0.331 e. The van der Waals surface area contributed by atoms with E-state index in [4.69, 9.17) is 0 Å². The summed E-state index contributed by atoms with van der Waals surface area (Å²) < 4.78 is 0. The highest BCUT2D eigenvalue weighted by Crippen LogP contribution is 2.43. The summed E-state index contributed by atoms with van der Waals surface area (Å²) in [5.74, 6) is -0.965. The lowest BCUT2D eigenvalue weighted by molar-refractivity contribution is -0.152. The van der Waals surface area contributed by atoms with E-state index < -0.39 is 29.3 Å². The first-order chi connectivity index (χ1) is 14.9. The van der Waals surface area contributed by atoms with Crippen LogP contribution < -0.4 is 10.2 Å². The Balaban J connectivity index is 1.62. The number of benzene rings is 3. The molecular weight excluding hydrogens is 390 g/mol. The van der Waals surface area contributed by atoms with E-state index in [0.29, 0.717) is 0 Å². The zero-order valence-electron chi connectivity index (χ0n) is 17.5. The van der Waals surface area contributed by atoms with Crippen molar-refractivity contribution in [1.82, 2.24) is 10.2 Å². The minimum atomic E-state index is -1.36. The van der Waals surface area contributed by atoms with Gasteiger partial charge in [-0.05, 0) is 34.9 Å². The fourth-order valence-corrected chi connectivity index (χ4v) is 4.94. The molecule has 2 heterocycles. The number of carbonyl (C=O) groups is 3. The van der Waals surface area contributed by atoms with Crippen LogP contribution in [0.5, 0.6) is 0 Å². The predicted molar refractivity (Wildman–Crippen MR) is 119 cm³/mol. The second-order valence-corrected chi connectivity index (χ2v) is 8.42. The van der Waals surface area contributed by atoms with Crippen LogP contribution in [0.1, 0.15) is 24.1 Å². The molecule has 4 amide bonds. The number of fused-ring (bicyclic) bond motifs is 3. The standard InChI is InChI=1S/C25H23N3O3/c1-16(17-8-4-3-5-9-17)28-23(30)25(22(29)26-24(28)31)14-20-19-11-7-6-10-18(19)12-13-21(20)27(2)15-25/h3-13,16H,14-15H2,1-2H3,(H,26,29,31)/t16-,25-/m1/s1. The van der Waals surface area contributed by atoms with E-state index in [-0.39, 0.29) is 13.0 Å². The highest BCUT2D eigenvalue weighted by atomic mass is 16.2. The molecular formula is C25H23N3O3. The lowest BCUT2D eigenvalue weighted by Crippen LogP contribution is -2.68. The number of carbonyl (C=O) groups excluding carboxylic acids is 3. The Hall–Kier alpha value is -3.67. The number of nitrogens with zero attached hydrogens (tertiary/aromatic N) is 2. The molecule has 156 valence electrons. The minimum absolute atomic E-state index is 0.217. The summed E-state index contributed by atoms with van der Waals surface area (Å²) in [7, 11) is 1.89. The Labute approximate surface area is 180 Å². The van der Waals surface area contributed by atoms with E-state index >= 15 is 0 Å². The number of amides is 4. The third-order valence-electron chi connectivity index (χ3n) is 6.58. The Kier molecular flexibility index (Phi) is 4.32. The molecule has 0 bridgehead atoms. The summed E-state index contributed by atoms with van der Waals surface area (Å²) in [5.41, 5.74) is 1.44. The van der Waals surface area contributed by atoms with Gasteiger partial charge in [0, 0.05) is 25.7 Å². The molecule has 0 aromatic heterocycles. The fourth-order valence-electron chi connectivity index (χ4n) is 4.94.